The average molecular weight is 509 g/mol. The normalized spacial score (nSPS) is 18.1. The fraction of sp³-hybridized carbons (Fsp3) is 0.250. The highest BCUT2D eigenvalue weighted by Crippen LogP contribution is 2.46. The van der Waals surface area contributed by atoms with Crippen LogP contribution in [0.3, 0.4) is 0 Å². The van der Waals surface area contributed by atoms with Crippen LogP contribution in [0.15, 0.2) is 59.2 Å². The van der Waals surface area contributed by atoms with Gasteiger partial charge in [-0.25, -0.2) is 4.79 Å². The zero-order valence-electron chi connectivity index (χ0n) is 17.6. The Morgan fingerprint density at radius 1 is 1.12 bits per heavy atom. The predicted molar refractivity (Wildman–Crippen MR) is 125 cm³/mol. The van der Waals surface area contributed by atoms with E-state index < -0.39 is 11.9 Å². The van der Waals surface area contributed by atoms with E-state index in [4.69, 9.17) is 54.7 Å². The number of ketones is 1. The van der Waals surface area contributed by atoms with Crippen LogP contribution < -0.4 is 10.5 Å². The minimum Gasteiger partial charge on any atom is -0.486 e. The third kappa shape index (κ3) is 4.69. The van der Waals surface area contributed by atoms with Crippen molar-refractivity contribution in [2.75, 3.05) is 7.11 Å². The lowest BCUT2D eigenvalue weighted by atomic mass is 9.77. The van der Waals surface area contributed by atoms with E-state index in [-0.39, 0.29) is 39.6 Å². The lowest BCUT2D eigenvalue weighted by Crippen LogP contribution is -2.31. The van der Waals surface area contributed by atoms with E-state index in [1.807, 2.05) is 12.1 Å². The van der Waals surface area contributed by atoms with Crippen LogP contribution in [0.25, 0.3) is 0 Å². The molecule has 2 aromatic rings. The van der Waals surface area contributed by atoms with Gasteiger partial charge in [-0.1, -0.05) is 46.9 Å². The molecule has 0 amide bonds. The number of esters is 1. The molecule has 0 saturated carbocycles. The van der Waals surface area contributed by atoms with Crippen LogP contribution in [0.1, 0.15) is 36.3 Å². The quantitative estimate of drug-likeness (QED) is 0.522. The summed E-state index contributed by atoms with van der Waals surface area (Å²) in [7, 11) is 1.24. The van der Waals surface area contributed by atoms with E-state index in [0.29, 0.717) is 41.2 Å². The Bertz CT molecular complexity index is 1160. The van der Waals surface area contributed by atoms with E-state index in [1.165, 1.54) is 7.11 Å². The second-order valence-electron chi connectivity index (χ2n) is 7.65. The molecule has 0 radical (unpaired) electrons. The predicted octanol–water partition coefficient (Wildman–Crippen LogP) is 5.69. The maximum atomic E-state index is 12.8. The summed E-state index contributed by atoms with van der Waals surface area (Å²) in [5.41, 5.74) is 7.88. The number of hydrogen-bond donors (Lipinski definition) is 1. The van der Waals surface area contributed by atoms with Crippen LogP contribution in [0.4, 0.5) is 0 Å². The van der Waals surface area contributed by atoms with Gasteiger partial charge in [-0.15, -0.1) is 0 Å². The smallest absolute Gasteiger partial charge is 0.340 e. The van der Waals surface area contributed by atoms with Crippen molar-refractivity contribution < 1.29 is 23.8 Å². The van der Waals surface area contributed by atoms with Gasteiger partial charge in [0.15, 0.2) is 11.5 Å². The lowest BCUT2D eigenvalue weighted by Gasteiger charge is -2.32. The molecule has 1 atom stereocenters. The summed E-state index contributed by atoms with van der Waals surface area (Å²) in [4.78, 5) is 25.4. The van der Waals surface area contributed by atoms with Gasteiger partial charge in [-0.05, 0) is 41.8 Å². The zero-order chi connectivity index (χ0) is 23.7. The number of carbonyl (C=O) groups excluding carboxylic acids is 2. The number of Topliss-reactive ketones (excluding diaryl/α,β-unsaturated/α-hetero) is 1. The Labute approximate surface area is 205 Å². The summed E-state index contributed by atoms with van der Waals surface area (Å²) in [6.45, 7) is 0.223. The molecule has 0 aromatic heterocycles. The van der Waals surface area contributed by atoms with Crippen molar-refractivity contribution >= 4 is 46.6 Å². The maximum Gasteiger partial charge on any atom is 0.340 e. The zero-order valence-corrected chi connectivity index (χ0v) is 19.9. The van der Waals surface area contributed by atoms with Crippen molar-refractivity contribution in [1.82, 2.24) is 0 Å². The van der Waals surface area contributed by atoms with Crippen molar-refractivity contribution in [3.05, 3.63) is 85.4 Å². The topological polar surface area (TPSA) is 87.9 Å². The summed E-state index contributed by atoms with van der Waals surface area (Å²) < 4.78 is 16.4. The number of methoxy groups -OCH3 is 1. The van der Waals surface area contributed by atoms with Crippen molar-refractivity contribution in [2.24, 2.45) is 5.73 Å². The molecule has 1 aliphatic heterocycles. The van der Waals surface area contributed by atoms with Crippen molar-refractivity contribution in [2.45, 2.75) is 31.8 Å². The van der Waals surface area contributed by atoms with E-state index in [1.54, 1.807) is 24.3 Å². The summed E-state index contributed by atoms with van der Waals surface area (Å²) in [5.74, 6) is -0.991. The summed E-state index contributed by atoms with van der Waals surface area (Å²) in [5, 5.41) is 1.08. The fourth-order valence-corrected chi connectivity index (χ4v) is 4.76. The monoisotopic (exact) mass is 507 g/mol. The molecule has 0 unspecified atom stereocenters. The molecule has 0 spiro atoms. The Hall–Kier alpha value is -2.67. The minimum atomic E-state index is -0.811. The van der Waals surface area contributed by atoms with E-state index in [9.17, 15) is 9.59 Å². The fourth-order valence-electron chi connectivity index (χ4n) is 4.02. The van der Waals surface area contributed by atoms with Crippen LogP contribution in [-0.2, 0) is 25.7 Å². The summed E-state index contributed by atoms with van der Waals surface area (Å²) in [6, 6.07) is 10.4. The first-order valence-electron chi connectivity index (χ1n) is 10.2. The van der Waals surface area contributed by atoms with Gasteiger partial charge in [-0.2, -0.15) is 0 Å². The first-order valence-corrected chi connectivity index (χ1v) is 11.3. The molecule has 0 fully saturated rings. The number of halogens is 3. The van der Waals surface area contributed by atoms with Gasteiger partial charge in [0.05, 0.1) is 23.1 Å². The first-order chi connectivity index (χ1) is 15.8. The van der Waals surface area contributed by atoms with Gasteiger partial charge >= 0.3 is 5.97 Å². The number of benzene rings is 2. The highest BCUT2D eigenvalue weighted by Gasteiger charge is 2.41. The van der Waals surface area contributed by atoms with E-state index in [2.05, 4.69) is 0 Å². The van der Waals surface area contributed by atoms with Gasteiger partial charge in [0.1, 0.15) is 17.9 Å². The number of nitrogens with two attached hydrogens (primary N) is 1. The second kappa shape index (κ2) is 9.67. The highest BCUT2D eigenvalue weighted by molar-refractivity contribution is 6.37. The molecule has 1 aliphatic carbocycles. The van der Waals surface area contributed by atoms with Gasteiger partial charge in [0.2, 0.25) is 5.88 Å². The molecule has 0 bridgehead atoms. The third-order valence-corrected chi connectivity index (χ3v) is 6.35. The highest BCUT2D eigenvalue weighted by atomic mass is 35.5. The average Bonchev–Trinajstić information content (AvgIpc) is 2.78. The van der Waals surface area contributed by atoms with Crippen molar-refractivity contribution in [3.8, 4) is 5.75 Å². The molecular weight excluding hydrogens is 489 g/mol. The van der Waals surface area contributed by atoms with Crippen LogP contribution in [-0.4, -0.2) is 18.9 Å². The Kier molecular flexibility index (Phi) is 6.88. The van der Waals surface area contributed by atoms with E-state index >= 15 is 0 Å². The van der Waals surface area contributed by atoms with Gasteiger partial charge in [0, 0.05) is 23.4 Å². The Balaban J connectivity index is 1.73. The summed E-state index contributed by atoms with van der Waals surface area (Å²) in [6.07, 6.45) is 1.53. The van der Waals surface area contributed by atoms with Crippen LogP contribution in [0, 0.1) is 0 Å². The number of carbonyl (C=O) groups is 2. The molecule has 172 valence electrons. The van der Waals surface area contributed by atoms with Crippen LogP contribution in [0.5, 0.6) is 5.75 Å². The lowest BCUT2D eigenvalue weighted by molar-refractivity contribution is -0.136. The number of hydrogen-bond acceptors (Lipinski definition) is 6. The van der Waals surface area contributed by atoms with Crippen molar-refractivity contribution in [1.29, 1.82) is 0 Å². The van der Waals surface area contributed by atoms with Gasteiger partial charge in [-0.3, -0.25) is 4.79 Å². The molecular formula is C24H20Cl3NO5. The molecule has 4 rings (SSSR count). The van der Waals surface area contributed by atoms with Crippen LogP contribution in [0.2, 0.25) is 15.1 Å². The first kappa shape index (κ1) is 23.5. The number of allylic oxidation sites excluding steroid dienone is 2. The molecule has 6 nitrogen and oxygen atoms in total. The standard InChI is InChI=1S/C24H20Cl3NO5/c1-31-24(30)21-19(20-17(29)3-2-4-18(20)33-23(21)28)13-9-15(26)22(16(27)10-13)32-11-12-5-7-14(25)8-6-12/h5-10,19H,2-4,11,28H2,1H3/t19-/m1/s1. The maximum absolute atomic E-state index is 12.8. The van der Waals surface area contributed by atoms with Crippen molar-refractivity contribution in [3.63, 3.8) is 0 Å². The van der Waals surface area contributed by atoms with Gasteiger partial charge in [0.25, 0.3) is 0 Å². The minimum absolute atomic E-state index is 0.0356. The third-order valence-electron chi connectivity index (χ3n) is 5.54. The molecule has 1 heterocycles. The largest absolute Gasteiger partial charge is 0.486 e. The summed E-state index contributed by atoms with van der Waals surface area (Å²) >= 11 is 19.0. The molecule has 2 aromatic carbocycles. The molecule has 33 heavy (non-hydrogen) atoms. The van der Waals surface area contributed by atoms with E-state index in [0.717, 1.165) is 5.56 Å². The second-order valence-corrected chi connectivity index (χ2v) is 8.90. The number of rotatable bonds is 5. The SMILES string of the molecule is COC(=O)C1=C(N)OC2=C(C(=O)CCC2)[C@H]1c1cc(Cl)c(OCc2ccc(Cl)cc2)c(Cl)c1. The molecule has 2 aliphatic rings. The molecule has 2 N–H and O–H groups in total. The van der Waals surface area contributed by atoms with Gasteiger partial charge < -0.3 is 19.9 Å². The molecule has 9 heteroatoms. The Morgan fingerprint density at radius 2 is 1.79 bits per heavy atom. The molecule has 0 saturated heterocycles. The Morgan fingerprint density at radius 3 is 2.42 bits per heavy atom. The number of ether oxygens (including phenoxy) is 3. The van der Waals surface area contributed by atoms with Crippen LogP contribution >= 0.6 is 34.8 Å².